The number of benzene rings is 1. The minimum absolute atomic E-state index is 0.291. The smallest absolute Gasteiger partial charge is 0.161 e. The lowest BCUT2D eigenvalue weighted by atomic mass is 9.97. The maximum atomic E-state index is 6.15. The Labute approximate surface area is 119 Å². The number of amidine groups is 1. The van der Waals surface area contributed by atoms with Crippen LogP contribution in [-0.2, 0) is 0 Å². The highest BCUT2D eigenvalue weighted by atomic mass is 79.9. The summed E-state index contributed by atoms with van der Waals surface area (Å²) in [4.78, 5) is 4.54. The largest absolute Gasteiger partial charge is 0.334 e. The number of anilines is 1. The molecule has 0 spiro atoms. The Hall–Kier alpha value is -0.190. The first-order valence-electron chi connectivity index (χ1n) is 5.36. The van der Waals surface area contributed by atoms with E-state index in [-0.39, 0.29) is 0 Å². The van der Waals surface area contributed by atoms with E-state index in [0.29, 0.717) is 10.4 Å². The van der Waals surface area contributed by atoms with E-state index in [0.717, 1.165) is 27.6 Å². The molecule has 0 amide bonds. The molecule has 0 bridgehead atoms. The van der Waals surface area contributed by atoms with E-state index in [1.165, 1.54) is 0 Å². The van der Waals surface area contributed by atoms with Crippen molar-refractivity contribution in [1.29, 1.82) is 0 Å². The normalized spacial score (nSPS) is 18.7. The molecular weight excluding hydrogens is 320 g/mol. The molecule has 0 aromatic heterocycles. The van der Waals surface area contributed by atoms with Gasteiger partial charge in [0.2, 0.25) is 0 Å². The highest BCUT2D eigenvalue weighted by Crippen LogP contribution is 2.31. The molecule has 0 aliphatic carbocycles. The fraction of sp³-hybridized carbons (Fsp3) is 0.417. The zero-order valence-corrected chi connectivity index (χ0v) is 12.9. The van der Waals surface area contributed by atoms with Crippen LogP contribution < -0.4 is 5.32 Å². The highest BCUT2D eigenvalue weighted by Gasteiger charge is 2.23. The van der Waals surface area contributed by atoms with Gasteiger partial charge >= 0.3 is 0 Å². The van der Waals surface area contributed by atoms with Crippen LogP contribution >= 0.6 is 39.3 Å². The van der Waals surface area contributed by atoms with Gasteiger partial charge in [-0.25, -0.2) is 0 Å². The van der Waals surface area contributed by atoms with Crippen LogP contribution in [0.3, 0.4) is 0 Å². The van der Waals surface area contributed by atoms with Gasteiger partial charge in [-0.1, -0.05) is 53.1 Å². The zero-order valence-electron chi connectivity index (χ0n) is 9.76. The van der Waals surface area contributed by atoms with Crippen LogP contribution in [0.2, 0.25) is 5.02 Å². The molecule has 2 nitrogen and oxygen atoms in total. The first kappa shape index (κ1) is 13.2. The molecular formula is C12H14BrClN2S. The number of nitrogens with one attached hydrogen (secondary N) is 1. The van der Waals surface area contributed by atoms with Gasteiger partial charge in [0, 0.05) is 16.8 Å². The van der Waals surface area contributed by atoms with Gasteiger partial charge in [-0.3, -0.25) is 4.99 Å². The summed E-state index contributed by atoms with van der Waals surface area (Å²) in [6.07, 6.45) is 0. The van der Waals surface area contributed by atoms with E-state index in [9.17, 15) is 0 Å². The first-order valence-corrected chi connectivity index (χ1v) is 7.51. The SMILES string of the molecule is CC1(C)CN=C(Nc2ccc(Br)cc2Cl)SC1. The molecule has 0 atom stereocenters. The molecule has 1 aliphatic heterocycles. The van der Waals surface area contributed by atoms with Crippen molar-refractivity contribution in [2.75, 3.05) is 17.6 Å². The van der Waals surface area contributed by atoms with Crippen molar-refractivity contribution in [3.8, 4) is 0 Å². The molecule has 1 N–H and O–H groups in total. The van der Waals surface area contributed by atoms with Crippen LogP contribution in [0.15, 0.2) is 27.7 Å². The topological polar surface area (TPSA) is 24.4 Å². The maximum absolute atomic E-state index is 6.15. The van der Waals surface area contributed by atoms with E-state index in [1.54, 1.807) is 11.8 Å². The van der Waals surface area contributed by atoms with Crippen LogP contribution in [0, 0.1) is 5.41 Å². The Morgan fingerprint density at radius 1 is 1.47 bits per heavy atom. The number of nitrogens with zero attached hydrogens (tertiary/aromatic N) is 1. The summed E-state index contributed by atoms with van der Waals surface area (Å²) in [5.41, 5.74) is 1.19. The summed E-state index contributed by atoms with van der Waals surface area (Å²) in [7, 11) is 0. The van der Waals surface area contributed by atoms with E-state index in [1.807, 2.05) is 18.2 Å². The van der Waals surface area contributed by atoms with Gasteiger partial charge < -0.3 is 5.32 Å². The minimum Gasteiger partial charge on any atom is -0.334 e. The third-order valence-corrected chi connectivity index (χ3v) is 4.66. The average Bonchev–Trinajstić information content (AvgIpc) is 2.25. The van der Waals surface area contributed by atoms with Crippen molar-refractivity contribution in [3.05, 3.63) is 27.7 Å². The fourth-order valence-electron chi connectivity index (χ4n) is 1.42. The van der Waals surface area contributed by atoms with E-state index < -0.39 is 0 Å². The second kappa shape index (κ2) is 5.21. The van der Waals surface area contributed by atoms with Crippen molar-refractivity contribution < 1.29 is 0 Å². The van der Waals surface area contributed by atoms with Crippen LogP contribution in [-0.4, -0.2) is 17.5 Å². The number of thioether (sulfide) groups is 1. The van der Waals surface area contributed by atoms with E-state index in [4.69, 9.17) is 11.6 Å². The zero-order chi connectivity index (χ0) is 12.5. The molecule has 1 aromatic rings. The Bertz CT molecular complexity index is 460. The van der Waals surface area contributed by atoms with Gasteiger partial charge in [-0.05, 0) is 23.6 Å². The van der Waals surface area contributed by atoms with Gasteiger partial charge in [0.1, 0.15) is 0 Å². The highest BCUT2D eigenvalue weighted by molar-refractivity contribution is 9.10. The molecule has 1 aliphatic rings. The Balaban J connectivity index is 2.09. The summed E-state index contributed by atoms with van der Waals surface area (Å²) in [6, 6.07) is 5.79. The second-order valence-corrected chi connectivity index (χ2v) is 7.11. The number of aliphatic imine (C=N–C) groups is 1. The number of rotatable bonds is 1. The maximum Gasteiger partial charge on any atom is 0.161 e. The van der Waals surface area contributed by atoms with Crippen molar-refractivity contribution >= 4 is 50.1 Å². The predicted molar refractivity (Wildman–Crippen MR) is 81.3 cm³/mol. The van der Waals surface area contributed by atoms with Crippen molar-refractivity contribution in [1.82, 2.24) is 0 Å². The molecule has 92 valence electrons. The standard InChI is InChI=1S/C12H14BrClN2S/c1-12(2)6-15-11(17-7-12)16-10-4-3-8(13)5-9(10)14/h3-5H,6-7H2,1-2H3,(H,15,16). The van der Waals surface area contributed by atoms with Gasteiger partial charge in [0.15, 0.2) is 5.17 Å². The molecule has 0 saturated carbocycles. The van der Waals surface area contributed by atoms with Crippen LogP contribution in [0.4, 0.5) is 5.69 Å². The lowest BCUT2D eigenvalue weighted by molar-refractivity contribution is 0.438. The van der Waals surface area contributed by atoms with Gasteiger partial charge in [0.25, 0.3) is 0 Å². The molecule has 0 radical (unpaired) electrons. The Morgan fingerprint density at radius 3 is 2.82 bits per heavy atom. The van der Waals surface area contributed by atoms with Crippen LogP contribution in [0.5, 0.6) is 0 Å². The molecule has 2 rings (SSSR count). The van der Waals surface area contributed by atoms with E-state index >= 15 is 0 Å². The lowest BCUT2D eigenvalue weighted by Gasteiger charge is -2.27. The van der Waals surface area contributed by atoms with Crippen molar-refractivity contribution in [3.63, 3.8) is 0 Å². The summed E-state index contributed by atoms with van der Waals surface area (Å²) < 4.78 is 0.979. The number of halogens is 2. The Kier molecular flexibility index (Phi) is 4.06. The van der Waals surface area contributed by atoms with Crippen molar-refractivity contribution in [2.24, 2.45) is 10.4 Å². The minimum atomic E-state index is 0.291. The quantitative estimate of drug-likeness (QED) is 0.809. The van der Waals surface area contributed by atoms with Gasteiger partial charge in [-0.2, -0.15) is 0 Å². The molecule has 0 saturated heterocycles. The summed E-state index contributed by atoms with van der Waals surface area (Å²) in [5, 5.41) is 4.93. The molecule has 0 unspecified atom stereocenters. The third-order valence-electron chi connectivity index (χ3n) is 2.42. The molecule has 1 aromatic carbocycles. The number of hydrogen-bond donors (Lipinski definition) is 1. The lowest BCUT2D eigenvalue weighted by Crippen LogP contribution is -2.27. The third kappa shape index (κ3) is 3.63. The fourth-order valence-corrected chi connectivity index (χ4v) is 3.10. The Morgan fingerprint density at radius 2 is 2.24 bits per heavy atom. The molecule has 5 heteroatoms. The van der Waals surface area contributed by atoms with Crippen LogP contribution in [0.25, 0.3) is 0 Å². The van der Waals surface area contributed by atoms with E-state index in [2.05, 4.69) is 40.1 Å². The summed E-state index contributed by atoms with van der Waals surface area (Å²) >= 11 is 11.3. The molecule has 17 heavy (non-hydrogen) atoms. The van der Waals surface area contributed by atoms with Crippen LogP contribution in [0.1, 0.15) is 13.8 Å². The first-order chi connectivity index (χ1) is 7.96. The second-order valence-electron chi connectivity index (χ2n) is 4.82. The monoisotopic (exact) mass is 332 g/mol. The molecule has 1 heterocycles. The molecule has 0 fully saturated rings. The number of hydrogen-bond acceptors (Lipinski definition) is 3. The van der Waals surface area contributed by atoms with Crippen molar-refractivity contribution in [2.45, 2.75) is 13.8 Å². The predicted octanol–water partition coefficient (Wildman–Crippen LogP) is 4.64. The average molecular weight is 334 g/mol. The summed E-state index contributed by atoms with van der Waals surface area (Å²) in [6.45, 7) is 5.32. The van der Waals surface area contributed by atoms with Gasteiger partial charge in [-0.15, -0.1) is 0 Å². The summed E-state index contributed by atoms with van der Waals surface area (Å²) in [5.74, 6) is 1.08. The van der Waals surface area contributed by atoms with Gasteiger partial charge in [0.05, 0.1) is 10.7 Å².